The quantitative estimate of drug-likeness (QED) is 0.752. The Morgan fingerprint density at radius 2 is 2.11 bits per heavy atom. The Hall–Kier alpha value is -1.36. The molecule has 5 heteroatoms. The highest BCUT2D eigenvalue weighted by Gasteiger charge is 2.40. The van der Waals surface area contributed by atoms with Gasteiger partial charge in [0.2, 0.25) is 0 Å². The van der Waals surface area contributed by atoms with Crippen LogP contribution in [0, 0.1) is 18.8 Å². The van der Waals surface area contributed by atoms with Gasteiger partial charge in [-0.1, -0.05) is 6.42 Å². The van der Waals surface area contributed by atoms with E-state index in [1.54, 1.807) is 6.07 Å². The summed E-state index contributed by atoms with van der Waals surface area (Å²) in [5.74, 6) is 1.04. The maximum atomic E-state index is 12.2. The summed E-state index contributed by atoms with van der Waals surface area (Å²) in [7, 11) is 0. The van der Waals surface area contributed by atoms with Crippen LogP contribution in [0.25, 0.3) is 0 Å². The number of rotatable bonds is 2. The van der Waals surface area contributed by atoms with Crippen molar-refractivity contribution in [3.05, 3.63) is 17.5 Å². The molecule has 19 heavy (non-hydrogen) atoms. The fraction of sp³-hybridized carbons (Fsp3) is 0.714. The first-order valence-corrected chi connectivity index (χ1v) is 7.22. The van der Waals surface area contributed by atoms with E-state index in [1.807, 2.05) is 6.92 Å². The minimum atomic E-state index is -0.0540. The molecule has 3 rings (SSSR count). The maximum absolute atomic E-state index is 12.2. The number of nitrogens with one attached hydrogen (secondary N) is 2. The third-order valence-electron chi connectivity index (χ3n) is 4.61. The molecule has 2 atom stereocenters. The average Bonchev–Trinajstić information content (AvgIpc) is 2.77. The van der Waals surface area contributed by atoms with Crippen molar-refractivity contribution in [1.82, 2.24) is 15.5 Å². The Kier molecular flexibility index (Phi) is 3.31. The number of H-pyrrole nitrogens is 1. The predicted molar refractivity (Wildman–Crippen MR) is 72.6 cm³/mol. The van der Waals surface area contributed by atoms with Gasteiger partial charge in [-0.2, -0.15) is 5.10 Å². The van der Waals surface area contributed by atoms with Gasteiger partial charge in [-0.05, 0) is 50.5 Å². The highest BCUT2D eigenvalue weighted by molar-refractivity contribution is 5.92. The molecule has 1 aromatic rings. The SMILES string of the molecule is Cc1cc(C(=O)NC2C3CCCC2CC(N)C3)n[nH]1. The van der Waals surface area contributed by atoms with Gasteiger partial charge in [-0.15, -0.1) is 0 Å². The number of amides is 1. The minimum absolute atomic E-state index is 0.0540. The van der Waals surface area contributed by atoms with E-state index in [0.29, 0.717) is 23.6 Å². The third-order valence-corrected chi connectivity index (χ3v) is 4.61. The molecular formula is C14H22N4O. The first-order chi connectivity index (χ1) is 9.13. The van der Waals surface area contributed by atoms with Crippen LogP contribution in [0.5, 0.6) is 0 Å². The fourth-order valence-electron chi connectivity index (χ4n) is 3.78. The summed E-state index contributed by atoms with van der Waals surface area (Å²) < 4.78 is 0. The van der Waals surface area contributed by atoms with Gasteiger partial charge < -0.3 is 11.1 Å². The molecule has 0 saturated heterocycles. The van der Waals surface area contributed by atoms with Gasteiger partial charge >= 0.3 is 0 Å². The number of aryl methyl sites for hydroxylation is 1. The lowest BCUT2D eigenvalue weighted by atomic mass is 9.67. The minimum Gasteiger partial charge on any atom is -0.347 e. The van der Waals surface area contributed by atoms with Crippen LogP contribution in [-0.4, -0.2) is 28.2 Å². The molecule has 5 nitrogen and oxygen atoms in total. The zero-order chi connectivity index (χ0) is 13.4. The normalized spacial score (nSPS) is 34.0. The van der Waals surface area contributed by atoms with Crippen LogP contribution in [-0.2, 0) is 0 Å². The van der Waals surface area contributed by atoms with Gasteiger partial charge in [0.1, 0.15) is 5.69 Å². The summed E-state index contributed by atoms with van der Waals surface area (Å²) >= 11 is 0. The number of nitrogens with two attached hydrogens (primary N) is 1. The zero-order valence-electron chi connectivity index (χ0n) is 11.4. The van der Waals surface area contributed by atoms with Crippen molar-refractivity contribution in [1.29, 1.82) is 0 Å². The Labute approximate surface area is 113 Å². The molecule has 2 aliphatic carbocycles. The number of carbonyl (C=O) groups excluding carboxylic acids is 1. The average molecular weight is 262 g/mol. The molecule has 2 saturated carbocycles. The molecule has 2 fully saturated rings. The number of aromatic amines is 1. The van der Waals surface area contributed by atoms with E-state index in [-0.39, 0.29) is 11.9 Å². The summed E-state index contributed by atoms with van der Waals surface area (Å²) in [6.07, 6.45) is 5.74. The number of carbonyl (C=O) groups is 1. The van der Waals surface area contributed by atoms with Gasteiger partial charge in [0.05, 0.1) is 0 Å². The van der Waals surface area contributed by atoms with E-state index in [2.05, 4.69) is 15.5 Å². The molecule has 1 heterocycles. The summed E-state index contributed by atoms with van der Waals surface area (Å²) in [6, 6.07) is 2.40. The molecule has 2 unspecified atom stereocenters. The van der Waals surface area contributed by atoms with Gasteiger partial charge in [0, 0.05) is 17.8 Å². The van der Waals surface area contributed by atoms with Crippen LogP contribution < -0.4 is 11.1 Å². The standard InChI is InChI=1S/C14H22N4O/c1-8-5-12(18-17-8)14(19)16-13-9-3-2-4-10(13)7-11(15)6-9/h5,9-11,13H,2-4,6-7,15H2,1H3,(H,16,19)(H,17,18). The first-order valence-electron chi connectivity index (χ1n) is 7.22. The van der Waals surface area contributed by atoms with E-state index in [4.69, 9.17) is 5.73 Å². The topological polar surface area (TPSA) is 83.8 Å². The van der Waals surface area contributed by atoms with E-state index in [1.165, 1.54) is 19.3 Å². The monoisotopic (exact) mass is 262 g/mol. The van der Waals surface area contributed by atoms with E-state index < -0.39 is 0 Å². The van der Waals surface area contributed by atoms with Crippen molar-refractivity contribution in [3.8, 4) is 0 Å². The molecule has 0 aliphatic heterocycles. The van der Waals surface area contributed by atoms with Gasteiger partial charge in [-0.25, -0.2) is 0 Å². The van der Waals surface area contributed by atoms with Crippen molar-refractivity contribution in [3.63, 3.8) is 0 Å². The molecule has 2 aliphatic rings. The number of fused-ring (bicyclic) bond motifs is 2. The van der Waals surface area contributed by atoms with Gasteiger partial charge in [0.25, 0.3) is 5.91 Å². The molecule has 4 N–H and O–H groups in total. The highest BCUT2D eigenvalue weighted by atomic mass is 16.2. The Morgan fingerprint density at radius 1 is 1.42 bits per heavy atom. The summed E-state index contributed by atoms with van der Waals surface area (Å²) in [5, 5.41) is 10.0. The smallest absolute Gasteiger partial charge is 0.272 e. The molecule has 0 radical (unpaired) electrons. The highest BCUT2D eigenvalue weighted by Crippen LogP contribution is 2.39. The molecule has 104 valence electrons. The number of hydrogen-bond donors (Lipinski definition) is 3. The van der Waals surface area contributed by atoms with Gasteiger partial charge in [0.15, 0.2) is 0 Å². The number of hydrogen-bond acceptors (Lipinski definition) is 3. The van der Waals surface area contributed by atoms with Gasteiger partial charge in [-0.3, -0.25) is 9.89 Å². The third kappa shape index (κ3) is 2.52. The van der Waals surface area contributed by atoms with E-state index in [9.17, 15) is 4.79 Å². The lowest BCUT2D eigenvalue weighted by Crippen LogP contribution is -2.53. The van der Waals surface area contributed by atoms with Crippen molar-refractivity contribution in [2.75, 3.05) is 0 Å². The van der Waals surface area contributed by atoms with Crippen LogP contribution in [0.1, 0.15) is 48.3 Å². The second kappa shape index (κ2) is 4.96. The van der Waals surface area contributed by atoms with Crippen molar-refractivity contribution >= 4 is 5.91 Å². The molecule has 1 aromatic heterocycles. The van der Waals surface area contributed by atoms with Crippen LogP contribution in [0.15, 0.2) is 6.07 Å². The molecular weight excluding hydrogens is 240 g/mol. The van der Waals surface area contributed by atoms with E-state index >= 15 is 0 Å². The zero-order valence-corrected chi connectivity index (χ0v) is 11.4. The summed E-state index contributed by atoms with van der Waals surface area (Å²) in [6.45, 7) is 1.90. The number of nitrogens with zero attached hydrogens (tertiary/aromatic N) is 1. The van der Waals surface area contributed by atoms with Crippen LogP contribution in [0.4, 0.5) is 0 Å². The molecule has 2 bridgehead atoms. The molecule has 0 aromatic carbocycles. The Balaban J connectivity index is 1.70. The second-order valence-electron chi connectivity index (χ2n) is 6.12. The molecule has 1 amide bonds. The van der Waals surface area contributed by atoms with Crippen LogP contribution >= 0.6 is 0 Å². The lowest BCUT2D eigenvalue weighted by Gasteiger charge is -2.45. The largest absolute Gasteiger partial charge is 0.347 e. The predicted octanol–water partition coefficient (Wildman–Crippen LogP) is 1.35. The van der Waals surface area contributed by atoms with Crippen molar-refractivity contribution < 1.29 is 4.79 Å². The fourth-order valence-corrected chi connectivity index (χ4v) is 3.78. The Bertz CT molecular complexity index is 456. The lowest BCUT2D eigenvalue weighted by molar-refractivity contribution is 0.0751. The maximum Gasteiger partial charge on any atom is 0.272 e. The first kappa shape index (κ1) is 12.7. The van der Waals surface area contributed by atoms with Crippen LogP contribution in [0.2, 0.25) is 0 Å². The second-order valence-corrected chi connectivity index (χ2v) is 6.12. The Morgan fingerprint density at radius 3 is 2.68 bits per heavy atom. The summed E-state index contributed by atoms with van der Waals surface area (Å²) in [4.78, 5) is 12.2. The van der Waals surface area contributed by atoms with Crippen LogP contribution in [0.3, 0.4) is 0 Å². The van der Waals surface area contributed by atoms with Crippen molar-refractivity contribution in [2.45, 2.75) is 51.1 Å². The van der Waals surface area contributed by atoms with Crippen molar-refractivity contribution in [2.24, 2.45) is 17.6 Å². The number of aromatic nitrogens is 2. The summed E-state index contributed by atoms with van der Waals surface area (Å²) in [5.41, 5.74) is 7.51. The molecule has 0 spiro atoms. The van der Waals surface area contributed by atoms with E-state index in [0.717, 1.165) is 18.5 Å².